The van der Waals surface area contributed by atoms with Crippen molar-refractivity contribution < 1.29 is 13.9 Å². The predicted octanol–water partition coefficient (Wildman–Crippen LogP) is 4.17. The molecule has 2 aromatic carbocycles. The second-order valence-corrected chi connectivity index (χ2v) is 7.52. The SMILES string of the molecule is CCOC(=O)c1ccc(NC(=S)N2CCN(Cc3ccc(F)cc3Cl)CC2)cc1. The van der Waals surface area contributed by atoms with Gasteiger partial charge in [-0.3, -0.25) is 4.90 Å². The average molecular weight is 436 g/mol. The molecule has 1 N–H and O–H groups in total. The second kappa shape index (κ2) is 10.0. The number of benzene rings is 2. The number of piperazine rings is 1. The maximum atomic E-state index is 13.2. The van der Waals surface area contributed by atoms with Gasteiger partial charge in [-0.1, -0.05) is 17.7 Å². The van der Waals surface area contributed by atoms with Gasteiger partial charge in [0.2, 0.25) is 0 Å². The van der Waals surface area contributed by atoms with E-state index in [1.807, 2.05) is 12.1 Å². The molecule has 154 valence electrons. The summed E-state index contributed by atoms with van der Waals surface area (Å²) in [5.74, 6) is -0.658. The first-order chi connectivity index (χ1) is 14.0. The van der Waals surface area contributed by atoms with Crippen LogP contribution in [0, 0.1) is 5.82 Å². The van der Waals surface area contributed by atoms with Gasteiger partial charge in [-0.15, -0.1) is 0 Å². The fraction of sp³-hybridized carbons (Fsp3) is 0.333. The van der Waals surface area contributed by atoms with Gasteiger partial charge in [-0.25, -0.2) is 9.18 Å². The van der Waals surface area contributed by atoms with Crippen LogP contribution < -0.4 is 5.32 Å². The largest absolute Gasteiger partial charge is 0.462 e. The summed E-state index contributed by atoms with van der Waals surface area (Å²) in [5, 5.41) is 4.31. The van der Waals surface area contributed by atoms with Crippen LogP contribution in [-0.4, -0.2) is 53.7 Å². The van der Waals surface area contributed by atoms with E-state index in [-0.39, 0.29) is 11.8 Å². The third-order valence-electron chi connectivity index (χ3n) is 4.72. The molecule has 1 aliphatic heterocycles. The first-order valence-corrected chi connectivity index (χ1v) is 10.2. The fourth-order valence-corrected chi connectivity index (χ4v) is 3.63. The number of nitrogens with one attached hydrogen (secondary N) is 1. The molecule has 3 rings (SSSR count). The Labute approximate surface area is 180 Å². The van der Waals surface area contributed by atoms with Crippen LogP contribution in [0.15, 0.2) is 42.5 Å². The monoisotopic (exact) mass is 435 g/mol. The zero-order valence-corrected chi connectivity index (χ0v) is 17.7. The molecule has 29 heavy (non-hydrogen) atoms. The van der Waals surface area contributed by atoms with Crippen LogP contribution in [0.3, 0.4) is 0 Å². The minimum Gasteiger partial charge on any atom is -0.462 e. The highest BCUT2D eigenvalue weighted by atomic mass is 35.5. The Morgan fingerprint density at radius 2 is 1.86 bits per heavy atom. The molecule has 2 aromatic rings. The normalized spacial score (nSPS) is 14.5. The molecule has 5 nitrogen and oxygen atoms in total. The maximum absolute atomic E-state index is 13.2. The summed E-state index contributed by atoms with van der Waals surface area (Å²) in [7, 11) is 0. The van der Waals surface area contributed by atoms with Gasteiger partial charge < -0.3 is 15.0 Å². The van der Waals surface area contributed by atoms with E-state index < -0.39 is 0 Å². The van der Waals surface area contributed by atoms with E-state index in [9.17, 15) is 9.18 Å². The molecule has 0 amide bonds. The number of hydrogen-bond donors (Lipinski definition) is 1. The van der Waals surface area contributed by atoms with Crippen LogP contribution in [0.25, 0.3) is 0 Å². The third-order valence-corrected chi connectivity index (χ3v) is 5.43. The standard InChI is InChI=1S/C21H23ClFN3O2S/c1-2-28-20(27)15-4-7-18(8-5-15)24-21(29)26-11-9-25(10-12-26)14-16-3-6-17(23)13-19(16)22/h3-8,13H,2,9-12,14H2,1H3,(H,24,29). The van der Waals surface area contributed by atoms with Crippen molar-refractivity contribution in [2.24, 2.45) is 0 Å². The lowest BCUT2D eigenvalue weighted by molar-refractivity contribution is 0.0526. The molecule has 0 unspecified atom stereocenters. The third kappa shape index (κ3) is 5.88. The molecule has 0 radical (unpaired) electrons. The van der Waals surface area contributed by atoms with Gasteiger partial charge in [0.15, 0.2) is 5.11 Å². The van der Waals surface area contributed by atoms with E-state index in [4.69, 9.17) is 28.6 Å². The number of rotatable bonds is 5. The highest BCUT2D eigenvalue weighted by Crippen LogP contribution is 2.20. The summed E-state index contributed by atoms with van der Waals surface area (Å²) in [6.45, 7) is 6.04. The Morgan fingerprint density at radius 1 is 1.17 bits per heavy atom. The van der Waals surface area contributed by atoms with Crippen molar-refractivity contribution in [3.05, 3.63) is 64.4 Å². The molecule has 1 aliphatic rings. The molecule has 0 aliphatic carbocycles. The van der Waals surface area contributed by atoms with E-state index in [0.717, 1.165) is 37.4 Å². The van der Waals surface area contributed by atoms with Gasteiger partial charge in [0.1, 0.15) is 5.82 Å². The molecule has 0 saturated carbocycles. The zero-order valence-electron chi connectivity index (χ0n) is 16.2. The minimum atomic E-state index is -0.334. The molecule has 0 aromatic heterocycles. The van der Waals surface area contributed by atoms with E-state index in [2.05, 4.69) is 15.1 Å². The number of thiocarbonyl (C=S) groups is 1. The summed E-state index contributed by atoms with van der Waals surface area (Å²) in [5.41, 5.74) is 2.25. The smallest absolute Gasteiger partial charge is 0.338 e. The molecule has 1 saturated heterocycles. The van der Waals surface area contributed by atoms with Crippen LogP contribution in [0.5, 0.6) is 0 Å². The van der Waals surface area contributed by atoms with Crippen molar-refractivity contribution in [2.45, 2.75) is 13.5 Å². The van der Waals surface area contributed by atoms with Gasteiger partial charge in [0.25, 0.3) is 0 Å². The van der Waals surface area contributed by atoms with Crippen LogP contribution in [0.2, 0.25) is 5.02 Å². The predicted molar refractivity (Wildman–Crippen MR) is 117 cm³/mol. The Balaban J connectivity index is 1.49. The lowest BCUT2D eigenvalue weighted by Crippen LogP contribution is -2.49. The van der Waals surface area contributed by atoms with Crippen LogP contribution in [-0.2, 0) is 11.3 Å². The van der Waals surface area contributed by atoms with E-state index in [0.29, 0.717) is 28.9 Å². The van der Waals surface area contributed by atoms with Crippen LogP contribution in [0.1, 0.15) is 22.8 Å². The number of carbonyl (C=O) groups excluding carboxylic acids is 1. The average Bonchev–Trinajstić information content (AvgIpc) is 2.71. The van der Waals surface area contributed by atoms with Gasteiger partial charge >= 0.3 is 5.97 Å². The van der Waals surface area contributed by atoms with Crippen molar-refractivity contribution in [3.8, 4) is 0 Å². The number of carbonyl (C=O) groups is 1. The fourth-order valence-electron chi connectivity index (χ4n) is 3.11. The number of nitrogens with zero attached hydrogens (tertiary/aromatic N) is 2. The summed E-state index contributed by atoms with van der Waals surface area (Å²) in [6.07, 6.45) is 0. The first-order valence-electron chi connectivity index (χ1n) is 9.45. The summed E-state index contributed by atoms with van der Waals surface area (Å²) in [4.78, 5) is 16.1. The molecular weight excluding hydrogens is 413 g/mol. The maximum Gasteiger partial charge on any atom is 0.338 e. The highest BCUT2D eigenvalue weighted by molar-refractivity contribution is 7.80. The van der Waals surface area contributed by atoms with Gasteiger partial charge in [-0.2, -0.15) is 0 Å². The zero-order chi connectivity index (χ0) is 20.8. The molecule has 0 atom stereocenters. The Morgan fingerprint density at radius 3 is 2.48 bits per heavy atom. The van der Waals surface area contributed by atoms with E-state index in [1.165, 1.54) is 12.1 Å². The number of esters is 1. The highest BCUT2D eigenvalue weighted by Gasteiger charge is 2.20. The molecule has 0 spiro atoms. The van der Waals surface area contributed by atoms with Gasteiger partial charge in [0, 0.05) is 43.4 Å². The molecule has 8 heteroatoms. The van der Waals surface area contributed by atoms with Crippen LogP contribution in [0.4, 0.5) is 10.1 Å². The van der Waals surface area contributed by atoms with E-state index >= 15 is 0 Å². The summed E-state index contributed by atoms with van der Waals surface area (Å²) >= 11 is 11.7. The van der Waals surface area contributed by atoms with Crippen molar-refractivity contribution in [2.75, 3.05) is 38.1 Å². The molecule has 1 fully saturated rings. The lowest BCUT2D eigenvalue weighted by atomic mass is 10.2. The van der Waals surface area contributed by atoms with Crippen molar-refractivity contribution in [3.63, 3.8) is 0 Å². The van der Waals surface area contributed by atoms with Gasteiger partial charge in [-0.05, 0) is 61.1 Å². The number of hydrogen-bond acceptors (Lipinski definition) is 4. The Bertz CT molecular complexity index is 871. The topological polar surface area (TPSA) is 44.8 Å². The Kier molecular flexibility index (Phi) is 7.41. The lowest BCUT2D eigenvalue weighted by Gasteiger charge is -2.36. The summed E-state index contributed by atoms with van der Waals surface area (Å²) in [6, 6.07) is 11.6. The number of halogens is 2. The van der Waals surface area contributed by atoms with Gasteiger partial charge in [0.05, 0.1) is 12.2 Å². The number of ether oxygens (including phenoxy) is 1. The van der Waals surface area contributed by atoms with E-state index in [1.54, 1.807) is 25.1 Å². The van der Waals surface area contributed by atoms with Crippen LogP contribution >= 0.6 is 23.8 Å². The summed E-state index contributed by atoms with van der Waals surface area (Å²) < 4.78 is 18.2. The van der Waals surface area contributed by atoms with Crippen molar-refractivity contribution in [1.82, 2.24) is 9.80 Å². The first kappa shape index (κ1) is 21.5. The number of anilines is 1. The molecule has 0 bridgehead atoms. The molecule has 1 heterocycles. The van der Waals surface area contributed by atoms with Crippen molar-refractivity contribution >= 4 is 40.6 Å². The quantitative estimate of drug-likeness (QED) is 0.561. The second-order valence-electron chi connectivity index (χ2n) is 6.73. The minimum absolute atomic E-state index is 0.324. The van der Waals surface area contributed by atoms with Crippen molar-refractivity contribution in [1.29, 1.82) is 0 Å². The molecular formula is C21H23ClFN3O2S. The Hall–Kier alpha value is -2.22.